The Hall–Kier alpha value is -0.885. The molecule has 0 spiro atoms. The zero-order valence-corrected chi connectivity index (χ0v) is 15.8. The summed E-state index contributed by atoms with van der Waals surface area (Å²) >= 11 is 0. The minimum Gasteiger partial charge on any atom is -0.399 e. The quantitative estimate of drug-likeness (QED) is 0.848. The molecule has 0 aromatic heterocycles. The summed E-state index contributed by atoms with van der Waals surface area (Å²) in [6, 6.07) is 4.02. The van der Waals surface area contributed by atoms with Gasteiger partial charge in [-0.15, -0.1) is 0 Å². The first-order chi connectivity index (χ1) is 10.3. The molecule has 1 aliphatic rings. The second kappa shape index (κ2) is 5.88. The van der Waals surface area contributed by atoms with Gasteiger partial charge in [0, 0.05) is 6.54 Å². The van der Waals surface area contributed by atoms with Gasteiger partial charge in [-0.2, -0.15) is 0 Å². The molecule has 0 bridgehead atoms. The van der Waals surface area contributed by atoms with Crippen molar-refractivity contribution in [3.8, 4) is 0 Å². The van der Waals surface area contributed by atoms with Gasteiger partial charge in [0.25, 0.3) is 0 Å². The van der Waals surface area contributed by atoms with Crippen LogP contribution in [-0.4, -0.2) is 33.0 Å². The molecular formula is C16H26BNO4S. The third kappa shape index (κ3) is 3.96. The number of benzene rings is 1. The van der Waals surface area contributed by atoms with Crippen LogP contribution in [0.1, 0.15) is 44.4 Å². The molecular weight excluding hydrogens is 313 g/mol. The molecule has 5 nitrogen and oxygen atoms in total. The van der Waals surface area contributed by atoms with Crippen molar-refractivity contribution >= 4 is 22.6 Å². The van der Waals surface area contributed by atoms with E-state index in [-0.39, 0.29) is 11.2 Å². The van der Waals surface area contributed by atoms with Crippen molar-refractivity contribution in [3.05, 3.63) is 28.8 Å². The van der Waals surface area contributed by atoms with E-state index < -0.39 is 17.1 Å². The number of sulfonamides is 1. The topological polar surface area (TPSA) is 64.6 Å². The number of hydrogen-bond donors (Lipinski definition) is 1. The van der Waals surface area contributed by atoms with Crippen LogP contribution >= 0.6 is 0 Å². The summed E-state index contributed by atoms with van der Waals surface area (Å²) in [5.74, 6) is 0. The van der Waals surface area contributed by atoms with Crippen LogP contribution < -0.4 is 10.2 Å². The summed E-state index contributed by atoms with van der Waals surface area (Å²) in [6.45, 7) is 12.3. The smallest absolute Gasteiger partial charge is 0.399 e. The first-order valence-corrected chi connectivity index (χ1v) is 9.62. The largest absolute Gasteiger partial charge is 0.494 e. The predicted molar refractivity (Wildman–Crippen MR) is 93.3 cm³/mol. The van der Waals surface area contributed by atoms with Gasteiger partial charge in [0.2, 0.25) is 10.0 Å². The Morgan fingerprint density at radius 1 is 1.04 bits per heavy atom. The number of hydrogen-bond acceptors (Lipinski definition) is 4. The Morgan fingerprint density at radius 2 is 1.48 bits per heavy atom. The Bertz CT molecular complexity index is 674. The molecule has 1 aromatic carbocycles. The highest BCUT2D eigenvalue weighted by Crippen LogP contribution is 2.36. The summed E-state index contributed by atoms with van der Waals surface area (Å²) in [4.78, 5) is 0. The average Bonchev–Trinajstić information content (AvgIpc) is 2.55. The van der Waals surface area contributed by atoms with Crippen LogP contribution in [0.3, 0.4) is 0 Å². The number of aryl methyl sites for hydroxylation is 2. The van der Waals surface area contributed by atoms with Gasteiger partial charge in [-0.3, -0.25) is 0 Å². The van der Waals surface area contributed by atoms with Crippen molar-refractivity contribution < 1.29 is 17.7 Å². The van der Waals surface area contributed by atoms with E-state index in [1.165, 1.54) is 0 Å². The summed E-state index contributed by atoms with van der Waals surface area (Å²) in [7, 11) is -3.62. The van der Waals surface area contributed by atoms with Gasteiger partial charge in [0.1, 0.15) is 0 Å². The highest BCUT2D eigenvalue weighted by atomic mass is 32.2. The Labute approximate surface area is 140 Å². The van der Waals surface area contributed by atoms with Crippen LogP contribution in [0.2, 0.25) is 0 Å². The van der Waals surface area contributed by atoms with Crippen LogP contribution in [0.15, 0.2) is 12.1 Å². The summed E-state index contributed by atoms with van der Waals surface area (Å²) in [6.07, 6.45) is 1.16. The van der Waals surface area contributed by atoms with Gasteiger partial charge in [0.05, 0.1) is 17.5 Å². The lowest BCUT2D eigenvalue weighted by Crippen LogP contribution is -2.41. The second-order valence-corrected chi connectivity index (χ2v) is 9.15. The Kier molecular flexibility index (Phi) is 4.72. The Morgan fingerprint density at radius 3 is 1.87 bits per heavy atom. The van der Waals surface area contributed by atoms with E-state index in [1.54, 1.807) is 0 Å². The SMILES string of the molecule is Cc1cc(B2OC(C)(C)C(C)(C)O2)cc(C)c1CNS(C)(=O)=O. The lowest BCUT2D eigenvalue weighted by molar-refractivity contribution is 0.00578. The molecule has 1 heterocycles. The molecule has 23 heavy (non-hydrogen) atoms. The maximum absolute atomic E-state index is 11.3. The minimum absolute atomic E-state index is 0.292. The maximum atomic E-state index is 11.3. The van der Waals surface area contributed by atoms with Crippen LogP contribution in [0, 0.1) is 13.8 Å². The van der Waals surface area contributed by atoms with Gasteiger partial charge < -0.3 is 9.31 Å². The van der Waals surface area contributed by atoms with E-state index in [4.69, 9.17) is 9.31 Å². The molecule has 0 unspecified atom stereocenters. The standard InChI is InChI=1S/C16H26BNO4S/c1-11-8-13(17-21-15(3,4)16(5,6)22-17)9-12(2)14(11)10-18-23(7,19)20/h8-9,18H,10H2,1-7H3. The maximum Gasteiger partial charge on any atom is 0.494 e. The molecule has 1 fully saturated rings. The van der Waals surface area contributed by atoms with Gasteiger partial charge in [-0.05, 0) is 63.7 Å². The van der Waals surface area contributed by atoms with Gasteiger partial charge in [-0.25, -0.2) is 13.1 Å². The third-order valence-electron chi connectivity index (χ3n) is 4.75. The van der Waals surface area contributed by atoms with E-state index in [0.29, 0.717) is 6.54 Å². The van der Waals surface area contributed by atoms with E-state index in [9.17, 15) is 8.42 Å². The molecule has 0 radical (unpaired) electrons. The molecule has 0 saturated carbocycles. The zero-order chi connectivity index (χ0) is 17.6. The number of rotatable bonds is 4. The van der Waals surface area contributed by atoms with Crippen molar-refractivity contribution in [1.29, 1.82) is 0 Å². The van der Waals surface area contributed by atoms with Crippen molar-refractivity contribution in [2.24, 2.45) is 0 Å². The van der Waals surface area contributed by atoms with Crippen molar-refractivity contribution in [3.63, 3.8) is 0 Å². The number of nitrogens with one attached hydrogen (secondary N) is 1. The fourth-order valence-electron chi connectivity index (χ4n) is 2.62. The fourth-order valence-corrected chi connectivity index (χ4v) is 3.03. The molecule has 7 heteroatoms. The van der Waals surface area contributed by atoms with E-state index >= 15 is 0 Å². The monoisotopic (exact) mass is 339 g/mol. The highest BCUT2D eigenvalue weighted by molar-refractivity contribution is 7.88. The summed E-state index contributed by atoms with van der Waals surface area (Å²) in [5.41, 5.74) is 3.22. The third-order valence-corrected chi connectivity index (χ3v) is 5.42. The van der Waals surface area contributed by atoms with Gasteiger partial charge in [-0.1, -0.05) is 12.1 Å². The molecule has 0 aliphatic carbocycles. The lowest BCUT2D eigenvalue weighted by atomic mass is 9.76. The van der Waals surface area contributed by atoms with Crippen LogP contribution in [-0.2, 0) is 25.9 Å². The van der Waals surface area contributed by atoms with Crippen LogP contribution in [0.4, 0.5) is 0 Å². The fraction of sp³-hybridized carbons (Fsp3) is 0.625. The van der Waals surface area contributed by atoms with Crippen molar-refractivity contribution in [2.75, 3.05) is 6.26 Å². The van der Waals surface area contributed by atoms with Crippen LogP contribution in [0.25, 0.3) is 0 Å². The van der Waals surface area contributed by atoms with E-state index in [1.807, 2.05) is 53.7 Å². The Balaban J connectivity index is 2.27. The molecule has 1 saturated heterocycles. The summed E-state index contributed by atoms with van der Waals surface area (Å²) in [5, 5.41) is 0. The van der Waals surface area contributed by atoms with E-state index in [0.717, 1.165) is 28.4 Å². The predicted octanol–water partition coefficient (Wildman–Crippen LogP) is 1.65. The van der Waals surface area contributed by atoms with Crippen molar-refractivity contribution in [1.82, 2.24) is 4.72 Å². The van der Waals surface area contributed by atoms with Crippen LogP contribution in [0.5, 0.6) is 0 Å². The van der Waals surface area contributed by atoms with E-state index in [2.05, 4.69) is 4.72 Å². The second-order valence-electron chi connectivity index (χ2n) is 7.31. The normalized spacial score (nSPS) is 20.0. The molecule has 1 aromatic rings. The molecule has 0 atom stereocenters. The summed E-state index contributed by atoms with van der Waals surface area (Å²) < 4.78 is 37.3. The van der Waals surface area contributed by atoms with Crippen molar-refractivity contribution in [2.45, 2.75) is 59.3 Å². The van der Waals surface area contributed by atoms with Gasteiger partial charge in [0.15, 0.2) is 0 Å². The lowest BCUT2D eigenvalue weighted by Gasteiger charge is -2.32. The molecule has 128 valence electrons. The molecule has 1 aliphatic heterocycles. The molecule has 1 N–H and O–H groups in total. The van der Waals surface area contributed by atoms with Gasteiger partial charge >= 0.3 is 7.12 Å². The average molecular weight is 339 g/mol. The molecule has 0 amide bonds. The first-order valence-electron chi connectivity index (χ1n) is 7.73. The first kappa shape index (κ1) is 18.5. The molecule has 2 rings (SSSR count). The minimum atomic E-state index is -3.21. The zero-order valence-electron chi connectivity index (χ0n) is 15.0. The highest BCUT2D eigenvalue weighted by Gasteiger charge is 2.51.